The number of hydrogen-bond acceptors (Lipinski definition) is 2. The summed E-state index contributed by atoms with van der Waals surface area (Å²) in [7, 11) is -5.17. The molecule has 0 saturated carbocycles. The highest BCUT2D eigenvalue weighted by Gasteiger charge is 2.37. The number of hydrogen-bond donors (Lipinski definition) is 1. The van der Waals surface area contributed by atoms with E-state index in [1.807, 2.05) is 0 Å². The molecule has 0 amide bonds. The monoisotopic (exact) mass is 146 g/mol. The molecule has 6 heteroatoms. The van der Waals surface area contributed by atoms with E-state index in [4.69, 9.17) is 4.55 Å². The third-order valence-corrected chi connectivity index (χ3v) is 1.36. The van der Waals surface area contributed by atoms with Crippen molar-refractivity contribution < 1.29 is 21.8 Å². The van der Waals surface area contributed by atoms with Crippen LogP contribution in [0, 0.1) is 0 Å². The number of halogens is 2. The molecule has 0 aromatic carbocycles. The molecule has 0 aliphatic heterocycles. The van der Waals surface area contributed by atoms with Gasteiger partial charge in [-0.15, -0.1) is 0 Å². The van der Waals surface area contributed by atoms with Crippen molar-refractivity contribution in [3.05, 3.63) is 0 Å². The van der Waals surface area contributed by atoms with Gasteiger partial charge < -0.3 is 0 Å². The van der Waals surface area contributed by atoms with Crippen LogP contribution in [0.4, 0.5) is 8.78 Å². The van der Waals surface area contributed by atoms with E-state index in [2.05, 4.69) is 0 Å². The van der Waals surface area contributed by atoms with Gasteiger partial charge in [-0.3, -0.25) is 4.55 Å². The third-order valence-electron chi connectivity index (χ3n) is 0.453. The highest BCUT2D eigenvalue weighted by Crippen LogP contribution is 2.17. The summed E-state index contributed by atoms with van der Waals surface area (Å²) in [6, 6.07) is 0. The van der Waals surface area contributed by atoms with Gasteiger partial charge in [-0.25, -0.2) is 0 Å². The van der Waals surface area contributed by atoms with Crippen LogP contribution in [-0.2, 0) is 10.1 Å². The zero-order valence-electron chi connectivity index (χ0n) is 3.93. The first kappa shape index (κ1) is 7.77. The Morgan fingerprint density at radius 1 is 1.50 bits per heavy atom. The Hall–Kier alpha value is -0.230. The fourth-order valence-corrected chi connectivity index (χ4v) is 0. The van der Waals surface area contributed by atoms with Gasteiger partial charge in [0.1, 0.15) is 0 Å². The van der Waals surface area contributed by atoms with Crippen LogP contribution in [0.15, 0.2) is 0 Å². The van der Waals surface area contributed by atoms with E-state index in [9.17, 15) is 17.2 Å². The first-order valence-electron chi connectivity index (χ1n) is 1.60. The molecule has 0 saturated heterocycles. The second-order valence-electron chi connectivity index (χ2n) is 1.28. The van der Waals surface area contributed by atoms with Crippen LogP contribution >= 0.6 is 0 Å². The van der Waals surface area contributed by atoms with Crippen LogP contribution < -0.4 is 0 Å². The fraction of sp³-hybridized carbons (Fsp3) is 1.00. The van der Waals surface area contributed by atoms with Gasteiger partial charge in [0.05, 0.1) is 0 Å². The Balaban J connectivity index is 4.53. The van der Waals surface area contributed by atoms with E-state index in [1.54, 1.807) is 0 Å². The molecule has 0 bridgehead atoms. The predicted octanol–water partition coefficient (Wildman–Crippen LogP) is 0.487. The standard InChI is InChI=1S/C2H4F2O3S/c1-2(3,4)8(5,6)7/h1H3,(H,5,6,7). The van der Waals surface area contributed by atoms with Crippen LogP contribution in [0.1, 0.15) is 6.92 Å². The van der Waals surface area contributed by atoms with Crippen LogP contribution in [-0.4, -0.2) is 18.2 Å². The van der Waals surface area contributed by atoms with Gasteiger partial charge in [-0.2, -0.15) is 17.2 Å². The van der Waals surface area contributed by atoms with Crippen molar-refractivity contribution in [3.8, 4) is 0 Å². The maximum atomic E-state index is 11.4. The zero-order chi connectivity index (χ0) is 7.00. The van der Waals surface area contributed by atoms with Crippen LogP contribution in [0.25, 0.3) is 0 Å². The minimum atomic E-state index is -5.17. The molecule has 0 fully saturated rings. The van der Waals surface area contributed by atoms with Crippen LogP contribution in [0.5, 0.6) is 0 Å². The fourth-order valence-electron chi connectivity index (χ4n) is 0. The average Bonchev–Trinajstić information content (AvgIpc) is 1.25. The highest BCUT2D eigenvalue weighted by atomic mass is 32.2. The normalized spacial score (nSPS) is 14.0. The SMILES string of the molecule is CC(F)(F)S(=O)(=O)O. The summed E-state index contributed by atoms with van der Waals surface area (Å²) in [5, 5.41) is -4.03. The van der Waals surface area contributed by atoms with Gasteiger partial charge in [0.2, 0.25) is 0 Å². The Bertz CT molecular complexity index is 164. The Morgan fingerprint density at radius 3 is 1.62 bits per heavy atom. The van der Waals surface area contributed by atoms with Gasteiger partial charge >= 0.3 is 15.4 Å². The lowest BCUT2D eigenvalue weighted by molar-refractivity contribution is 0.102. The quantitative estimate of drug-likeness (QED) is 0.547. The molecule has 0 atom stereocenters. The summed E-state index contributed by atoms with van der Waals surface area (Å²) < 4.78 is 49.3. The molecule has 1 N–H and O–H groups in total. The van der Waals surface area contributed by atoms with Crippen molar-refractivity contribution in [2.24, 2.45) is 0 Å². The van der Waals surface area contributed by atoms with E-state index in [0.717, 1.165) is 0 Å². The molecule has 0 aromatic rings. The van der Waals surface area contributed by atoms with Crippen molar-refractivity contribution in [1.29, 1.82) is 0 Å². The predicted molar refractivity (Wildman–Crippen MR) is 22.2 cm³/mol. The first-order valence-corrected chi connectivity index (χ1v) is 3.04. The van der Waals surface area contributed by atoms with Gasteiger partial charge in [-0.1, -0.05) is 0 Å². The summed E-state index contributed by atoms with van der Waals surface area (Å²) in [6.07, 6.45) is 0. The second kappa shape index (κ2) is 1.63. The molecule has 8 heavy (non-hydrogen) atoms. The molecular weight excluding hydrogens is 142 g/mol. The van der Waals surface area contributed by atoms with Crippen LogP contribution in [0.3, 0.4) is 0 Å². The van der Waals surface area contributed by atoms with Crippen molar-refractivity contribution >= 4 is 10.1 Å². The van der Waals surface area contributed by atoms with E-state index < -0.39 is 15.4 Å². The lowest BCUT2D eigenvalue weighted by Crippen LogP contribution is -2.23. The molecule has 0 aliphatic rings. The molecule has 0 unspecified atom stereocenters. The summed E-state index contributed by atoms with van der Waals surface area (Å²) in [5.41, 5.74) is 0. The second-order valence-corrected chi connectivity index (χ2v) is 2.95. The van der Waals surface area contributed by atoms with E-state index in [0.29, 0.717) is 0 Å². The largest absolute Gasteiger partial charge is 0.367 e. The molecule has 0 aliphatic carbocycles. The Morgan fingerprint density at radius 2 is 1.62 bits per heavy atom. The molecular formula is C2H4F2O3S. The highest BCUT2D eigenvalue weighted by molar-refractivity contribution is 7.86. The summed E-state index contributed by atoms with van der Waals surface area (Å²) in [6.45, 7) is 0.0995. The lowest BCUT2D eigenvalue weighted by atomic mass is 10.9. The molecule has 0 radical (unpaired) electrons. The summed E-state index contributed by atoms with van der Waals surface area (Å²) in [4.78, 5) is 0. The molecule has 0 rings (SSSR count). The molecule has 3 nitrogen and oxygen atoms in total. The van der Waals surface area contributed by atoms with E-state index >= 15 is 0 Å². The Labute approximate surface area is 45.1 Å². The smallest absolute Gasteiger partial charge is 0.281 e. The number of rotatable bonds is 1. The van der Waals surface area contributed by atoms with E-state index in [1.165, 1.54) is 0 Å². The van der Waals surface area contributed by atoms with Crippen molar-refractivity contribution in [2.45, 2.75) is 12.2 Å². The van der Waals surface area contributed by atoms with Gasteiger partial charge in [0.15, 0.2) is 0 Å². The van der Waals surface area contributed by atoms with Crippen molar-refractivity contribution in [1.82, 2.24) is 0 Å². The zero-order valence-corrected chi connectivity index (χ0v) is 4.74. The van der Waals surface area contributed by atoms with Gasteiger partial charge in [0.25, 0.3) is 0 Å². The molecule has 0 aromatic heterocycles. The maximum absolute atomic E-state index is 11.4. The average molecular weight is 146 g/mol. The minimum absolute atomic E-state index is 0.0995. The number of alkyl halides is 2. The molecule has 50 valence electrons. The van der Waals surface area contributed by atoms with Gasteiger partial charge in [-0.05, 0) is 0 Å². The van der Waals surface area contributed by atoms with E-state index in [-0.39, 0.29) is 6.92 Å². The maximum Gasteiger partial charge on any atom is 0.367 e. The summed E-state index contributed by atoms with van der Waals surface area (Å²) >= 11 is 0. The summed E-state index contributed by atoms with van der Waals surface area (Å²) in [5.74, 6) is 0. The first-order chi connectivity index (χ1) is 3.25. The lowest BCUT2D eigenvalue weighted by Gasteiger charge is -2.02. The Kier molecular flexibility index (Phi) is 1.58. The minimum Gasteiger partial charge on any atom is -0.281 e. The van der Waals surface area contributed by atoms with Crippen molar-refractivity contribution in [2.75, 3.05) is 0 Å². The van der Waals surface area contributed by atoms with Gasteiger partial charge in [0, 0.05) is 6.92 Å². The van der Waals surface area contributed by atoms with Crippen LogP contribution in [0.2, 0.25) is 0 Å². The topological polar surface area (TPSA) is 54.4 Å². The molecule has 0 spiro atoms. The van der Waals surface area contributed by atoms with Crippen molar-refractivity contribution in [3.63, 3.8) is 0 Å². The third kappa shape index (κ3) is 1.71. The molecule has 0 heterocycles.